The largest absolute Gasteiger partial charge is 0.497 e. The molecule has 2 rings (SSSR count). The van der Waals surface area contributed by atoms with Crippen molar-refractivity contribution in [2.24, 2.45) is 0 Å². The van der Waals surface area contributed by atoms with E-state index in [0.29, 0.717) is 37.4 Å². The van der Waals surface area contributed by atoms with Gasteiger partial charge < -0.3 is 24.6 Å². The van der Waals surface area contributed by atoms with Crippen LogP contribution in [0.4, 0.5) is 0 Å². The van der Waals surface area contributed by atoms with Crippen molar-refractivity contribution in [1.82, 2.24) is 15.1 Å². The topological polar surface area (TPSA) is 71.1 Å². The Morgan fingerprint density at radius 1 is 1.12 bits per heavy atom. The average molecular weight is 363 g/mol. The number of piperazine rings is 1. The highest BCUT2D eigenvalue weighted by Gasteiger charge is 2.20. The Labute approximate surface area is 155 Å². The third kappa shape index (κ3) is 6.00. The number of carbonyl (C=O) groups excluding carboxylic acids is 2. The molecule has 144 valence electrons. The van der Waals surface area contributed by atoms with Crippen molar-refractivity contribution in [2.45, 2.75) is 12.8 Å². The smallest absolute Gasteiger partial charge is 0.253 e. The summed E-state index contributed by atoms with van der Waals surface area (Å²) in [7, 11) is 3.24. The highest BCUT2D eigenvalue weighted by molar-refractivity contribution is 5.94. The maximum atomic E-state index is 12.8. The first-order chi connectivity index (χ1) is 12.7. The molecule has 0 unspecified atom stereocenters. The van der Waals surface area contributed by atoms with Gasteiger partial charge in [-0.05, 0) is 30.7 Å². The lowest BCUT2D eigenvalue weighted by atomic mass is 10.1. The Hall–Kier alpha value is -2.12. The summed E-state index contributed by atoms with van der Waals surface area (Å²) in [5.41, 5.74) is 0.595. The van der Waals surface area contributed by atoms with Crippen LogP contribution >= 0.6 is 0 Å². The summed E-state index contributed by atoms with van der Waals surface area (Å²) in [5.74, 6) is 0.740. The van der Waals surface area contributed by atoms with Crippen LogP contribution in [0.1, 0.15) is 23.2 Å². The van der Waals surface area contributed by atoms with Crippen molar-refractivity contribution in [3.63, 3.8) is 0 Å². The van der Waals surface area contributed by atoms with Gasteiger partial charge in [0.1, 0.15) is 5.75 Å². The van der Waals surface area contributed by atoms with Gasteiger partial charge in [0.15, 0.2) is 0 Å². The third-order valence-corrected chi connectivity index (χ3v) is 4.47. The number of benzene rings is 1. The van der Waals surface area contributed by atoms with Crippen LogP contribution in [0.15, 0.2) is 24.3 Å². The average Bonchev–Trinajstić information content (AvgIpc) is 2.70. The minimum Gasteiger partial charge on any atom is -0.497 e. The Bertz CT molecular complexity index is 571. The van der Waals surface area contributed by atoms with Crippen LogP contribution in [0.25, 0.3) is 0 Å². The fraction of sp³-hybridized carbons (Fsp3) is 0.579. The van der Waals surface area contributed by atoms with Gasteiger partial charge in [-0.25, -0.2) is 0 Å². The number of rotatable bonds is 9. The molecule has 0 bridgehead atoms. The lowest BCUT2D eigenvalue weighted by Crippen LogP contribution is -2.47. The first-order valence-electron chi connectivity index (χ1n) is 9.06. The predicted molar refractivity (Wildman–Crippen MR) is 99.5 cm³/mol. The Balaban J connectivity index is 1.96. The molecule has 0 aliphatic carbocycles. The van der Waals surface area contributed by atoms with E-state index in [-0.39, 0.29) is 11.8 Å². The van der Waals surface area contributed by atoms with Gasteiger partial charge in [0.25, 0.3) is 5.91 Å². The van der Waals surface area contributed by atoms with E-state index in [2.05, 4.69) is 5.32 Å². The molecule has 1 aromatic carbocycles. The van der Waals surface area contributed by atoms with Crippen molar-refractivity contribution in [1.29, 1.82) is 0 Å². The lowest BCUT2D eigenvalue weighted by molar-refractivity contribution is -0.131. The molecule has 0 radical (unpaired) electrons. The minimum atomic E-state index is -0.0723. The number of amides is 2. The molecule has 0 spiro atoms. The van der Waals surface area contributed by atoms with Gasteiger partial charge in [0.05, 0.1) is 7.11 Å². The maximum Gasteiger partial charge on any atom is 0.253 e. The van der Waals surface area contributed by atoms with E-state index in [4.69, 9.17) is 9.47 Å². The second-order valence-corrected chi connectivity index (χ2v) is 6.25. The predicted octanol–water partition coefficient (Wildman–Crippen LogP) is 0.996. The zero-order valence-electron chi connectivity index (χ0n) is 15.7. The molecule has 1 aromatic rings. The molecule has 1 fully saturated rings. The minimum absolute atomic E-state index is 0.0723. The molecule has 1 saturated heterocycles. The summed E-state index contributed by atoms with van der Waals surface area (Å²) in [6.45, 7) is 4.68. The van der Waals surface area contributed by atoms with Crippen molar-refractivity contribution in [3.05, 3.63) is 29.8 Å². The molecule has 7 nitrogen and oxygen atoms in total. The molecule has 2 amide bonds. The fourth-order valence-corrected chi connectivity index (χ4v) is 2.93. The second-order valence-electron chi connectivity index (χ2n) is 6.25. The van der Waals surface area contributed by atoms with Crippen molar-refractivity contribution < 1.29 is 19.1 Å². The summed E-state index contributed by atoms with van der Waals surface area (Å²) in [4.78, 5) is 28.8. The normalized spacial score (nSPS) is 14.2. The number of nitrogens with zero attached hydrogens (tertiary/aromatic N) is 2. The van der Waals surface area contributed by atoms with Gasteiger partial charge >= 0.3 is 0 Å². The van der Waals surface area contributed by atoms with Gasteiger partial charge in [-0.15, -0.1) is 0 Å². The first kappa shape index (κ1) is 20.2. The molecule has 0 aromatic heterocycles. The van der Waals surface area contributed by atoms with Crippen molar-refractivity contribution in [2.75, 3.05) is 60.1 Å². The number of hydrogen-bond acceptors (Lipinski definition) is 5. The number of carbonyl (C=O) groups is 2. The Kier molecular flexibility index (Phi) is 8.37. The van der Waals surface area contributed by atoms with Gasteiger partial charge in [-0.3, -0.25) is 9.59 Å². The van der Waals surface area contributed by atoms with E-state index in [9.17, 15) is 9.59 Å². The number of ether oxygens (including phenoxy) is 2. The number of hydrogen-bond donors (Lipinski definition) is 1. The van der Waals surface area contributed by atoms with Crippen LogP contribution in [-0.4, -0.2) is 81.7 Å². The molecule has 26 heavy (non-hydrogen) atoms. The SMILES string of the molecule is COCCCN(CCC(=O)N1CCNCC1)C(=O)c1ccc(OC)cc1. The van der Waals surface area contributed by atoms with E-state index in [0.717, 1.165) is 32.6 Å². The first-order valence-corrected chi connectivity index (χ1v) is 9.06. The Morgan fingerprint density at radius 2 is 1.81 bits per heavy atom. The monoisotopic (exact) mass is 363 g/mol. The van der Waals surface area contributed by atoms with Gasteiger partial charge in [0.2, 0.25) is 5.91 Å². The second kappa shape index (κ2) is 10.8. The van der Waals surface area contributed by atoms with Crippen molar-refractivity contribution >= 4 is 11.8 Å². The summed E-state index contributed by atoms with van der Waals surface area (Å²) in [6.07, 6.45) is 1.08. The van der Waals surface area contributed by atoms with Gasteiger partial charge in [0, 0.05) is 65.0 Å². The fourth-order valence-electron chi connectivity index (χ4n) is 2.93. The van der Waals surface area contributed by atoms with E-state index in [1.165, 1.54) is 0 Å². The van der Waals surface area contributed by atoms with E-state index in [1.807, 2.05) is 4.90 Å². The van der Waals surface area contributed by atoms with E-state index in [1.54, 1.807) is 43.4 Å². The summed E-state index contributed by atoms with van der Waals surface area (Å²) >= 11 is 0. The molecule has 7 heteroatoms. The molecule has 1 aliphatic rings. The lowest BCUT2D eigenvalue weighted by Gasteiger charge is -2.29. The zero-order valence-corrected chi connectivity index (χ0v) is 15.7. The highest BCUT2D eigenvalue weighted by atomic mass is 16.5. The van der Waals surface area contributed by atoms with Crippen LogP contribution in [0, 0.1) is 0 Å². The number of nitrogens with one attached hydrogen (secondary N) is 1. The molecular formula is C19H29N3O4. The standard InChI is InChI=1S/C19H29N3O4/c1-25-15-3-11-22(12-8-18(23)21-13-9-20-10-14-21)19(24)16-4-6-17(26-2)7-5-16/h4-7,20H,3,8-15H2,1-2H3. The highest BCUT2D eigenvalue weighted by Crippen LogP contribution is 2.14. The molecule has 1 aliphatic heterocycles. The van der Waals surface area contributed by atoms with Crippen LogP contribution in [0.5, 0.6) is 5.75 Å². The zero-order chi connectivity index (χ0) is 18.8. The van der Waals surface area contributed by atoms with Crippen LogP contribution in [-0.2, 0) is 9.53 Å². The summed E-state index contributed by atoms with van der Waals surface area (Å²) in [6, 6.07) is 7.05. The van der Waals surface area contributed by atoms with Crippen LogP contribution in [0.3, 0.4) is 0 Å². The molecule has 0 atom stereocenters. The summed E-state index contributed by atoms with van der Waals surface area (Å²) < 4.78 is 10.2. The summed E-state index contributed by atoms with van der Waals surface area (Å²) in [5, 5.41) is 3.24. The molecule has 0 saturated carbocycles. The van der Waals surface area contributed by atoms with E-state index < -0.39 is 0 Å². The molecular weight excluding hydrogens is 334 g/mol. The maximum absolute atomic E-state index is 12.8. The van der Waals surface area contributed by atoms with E-state index >= 15 is 0 Å². The van der Waals surface area contributed by atoms with Crippen LogP contribution in [0.2, 0.25) is 0 Å². The van der Waals surface area contributed by atoms with Gasteiger partial charge in [-0.1, -0.05) is 0 Å². The molecule has 1 heterocycles. The van der Waals surface area contributed by atoms with Crippen LogP contribution < -0.4 is 10.1 Å². The van der Waals surface area contributed by atoms with Crippen molar-refractivity contribution in [3.8, 4) is 5.75 Å². The molecule has 1 N–H and O–H groups in total. The number of methoxy groups -OCH3 is 2. The van der Waals surface area contributed by atoms with Gasteiger partial charge in [-0.2, -0.15) is 0 Å². The Morgan fingerprint density at radius 3 is 2.42 bits per heavy atom. The quantitative estimate of drug-likeness (QED) is 0.663. The third-order valence-electron chi connectivity index (χ3n) is 4.47.